The Balaban J connectivity index is 3.23. The smallest absolute Gasteiger partial charge is 0.324 e. The predicted octanol–water partition coefficient (Wildman–Crippen LogP) is 4.14. The highest BCUT2D eigenvalue weighted by Gasteiger charge is 2.31. The van der Waals surface area contributed by atoms with Gasteiger partial charge in [0.05, 0.1) is 11.3 Å². The Morgan fingerprint density at radius 2 is 1.89 bits per heavy atom. The molecule has 0 aliphatic heterocycles. The number of hydrogen-bond acceptors (Lipinski definition) is 2. The Labute approximate surface area is 105 Å². The summed E-state index contributed by atoms with van der Waals surface area (Å²) in [5, 5.41) is 0. The van der Waals surface area contributed by atoms with Gasteiger partial charge in [-0.15, -0.1) is 0 Å². The highest BCUT2D eigenvalue weighted by molar-refractivity contribution is 5.54. The van der Waals surface area contributed by atoms with Gasteiger partial charge in [-0.25, -0.2) is 0 Å². The summed E-state index contributed by atoms with van der Waals surface area (Å²) >= 11 is 0. The van der Waals surface area contributed by atoms with Crippen LogP contribution in [-0.2, 0) is 6.18 Å². The Morgan fingerprint density at radius 3 is 2.28 bits per heavy atom. The zero-order valence-electron chi connectivity index (χ0n) is 10.8. The van der Waals surface area contributed by atoms with Crippen LogP contribution in [0.1, 0.15) is 44.2 Å². The zero-order valence-corrected chi connectivity index (χ0v) is 10.8. The molecule has 0 aliphatic rings. The number of hydrogen-bond donors (Lipinski definition) is 2. The Bertz CT molecular complexity index is 400. The van der Waals surface area contributed by atoms with E-state index in [1.54, 1.807) is 0 Å². The van der Waals surface area contributed by atoms with Crippen LogP contribution in [-0.4, -0.2) is 0 Å². The fraction of sp³-hybridized carbons (Fsp3) is 0.538. The van der Waals surface area contributed by atoms with Gasteiger partial charge >= 0.3 is 6.18 Å². The lowest BCUT2D eigenvalue weighted by atomic mass is 9.85. The molecular weight excluding hydrogens is 241 g/mol. The molecule has 0 aliphatic carbocycles. The summed E-state index contributed by atoms with van der Waals surface area (Å²) < 4.78 is 37.8. The molecule has 1 aromatic carbocycles. The molecule has 2 nitrogen and oxygen atoms in total. The molecule has 18 heavy (non-hydrogen) atoms. The summed E-state index contributed by atoms with van der Waals surface area (Å²) in [6.45, 7) is 6.11. The standard InChI is InChI=1S/C13H19F3N2/c1-4-10(8(2)3)11-6-5-9(13(14,15)16)7-12(11)18-17/h5-8,10,18H,4,17H2,1-3H3. The molecule has 102 valence electrons. The van der Waals surface area contributed by atoms with Crippen molar-refractivity contribution in [2.45, 2.75) is 39.3 Å². The molecule has 1 unspecified atom stereocenters. The molecule has 0 heterocycles. The summed E-state index contributed by atoms with van der Waals surface area (Å²) in [7, 11) is 0. The van der Waals surface area contributed by atoms with E-state index in [0.717, 1.165) is 24.1 Å². The number of nitrogens with one attached hydrogen (secondary N) is 1. The number of halogens is 3. The van der Waals surface area contributed by atoms with Crippen LogP contribution in [0.3, 0.4) is 0 Å². The first-order chi connectivity index (χ1) is 8.31. The van der Waals surface area contributed by atoms with Gasteiger partial charge in [0.15, 0.2) is 0 Å². The first kappa shape index (κ1) is 14.8. The minimum Gasteiger partial charge on any atom is -0.324 e. The molecule has 5 heteroatoms. The van der Waals surface area contributed by atoms with Crippen molar-refractivity contribution in [1.29, 1.82) is 0 Å². The van der Waals surface area contributed by atoms with E-state index in [9.17, 15) is 13.2 Å². The van der Waals surface area contributed by atoms with Crippen molar-refractivity contribution in [2.75, 3.05) is 5.43 Å². The van der Waals surface area contributed by atoms with Crippen molar-refractivity contribution < 1.29 is 13.2 Å². The minimum absolute atomic E-state index is 0.193. The summed E-state index contributed by atoms with van der Waals surface area (Å²) in [4.78, 5) is 0. The molecule has 1 rings (SSSR count). The number of alkyl halides is 3. The highest BCUT2D eigenvalue weighted by Crippen LogP contribution is 2.37. The van der Waals surface area contributed by atoms with E-state index >= 15 is 0 Å². The van der Waals surface area contributed by atoms with Gasteiger partial charge in [-0.1, -0.05) is 26.8 Å². The van der Waals surface area contributed by atoms with E-state index in [2.05, 4.69) is 5.43 Å². The molecule has 0 saturated carbocycles. The van der Waals surface area contributed by atoms with Crippen LogP contribution in [0.5, 0.6) is 0 Å². The van der Waals surface area contributed by atoms with Gasteiger partial charge in [0.25, 0.3) is 0 Å². The number of nitrogen functional groups attached to an aromatic ring is 1. The molecule has 0 radical (unpaired) electrons. The third-order valence-corrected chi connectivity index (χ3v) is 3.18. The quantitative estimate of drug-likeness (QED) is 0.630. The van der Waals surface area contributed by atoms with Crippen molar-refractivity contribution >= 4 is 5.69 Å². The van der Waals surface area contributed by atoms with E-state index in [1.165, 1.54) is 6.07 Å². The Hall–Kier alpha value is -1.23. The molecule has 0 spiro atoms. The largest absolute Gasteiger partial charge is 0.416 e. The van der Waals surface area contributed by atoms with E-state index in [-0.39, 0.29) is 5.92 Å². The van der Waals surface area contributed by atoms with Crippen LogP contribution in [0.15, 0.2) is 18.2 Å². The SMILES string of the molecule is CCC(c1ccc(C(F)(F)F)cc1NN)C(C)C. The molecule has 1 aromatic rings. The van der Waals surface area contributed by atoms with Gasteiger partial charge in [-0.3, -0.25) is 5.84 Å². The third-order valence-electron chi connectivity index (χ3n) is 3.18. The van der Waals surface area contributed by atoms with Crippen LogP contribution >= 0.6 is 0 Å². The van der Waals surface area contributed by atoms with Crippen molar-refractivity contribution in [1.82, 2.24) is 0 Å². The van der Waals surface area contributed by atoms with Crippen LogP contribution in [0.25, 0.3) is 0 Å². The number of rotatable bonds is 4. The van der Waals surface area contributed by atoms with E-state index in [0.29, 0.717) is 11.6 Å². The fourth-order valence-corrected chi connectivity index (χ4v) is 2.23. The number of nitrogens with two attached hydrogens (primary N) is 1. The number of benzene rings is 1. The monoisotopic (exact) mass is 260 g/mol. The number of hydrazine groups is 1. The lowest BCUT2D eigenvalue weighted by molar-refractivity contribution is -0.137. The van der Waals surface area contributed by atoms with Gasteiger partial charge in [0.2, 0.25) is 0 Å². The maximum absolute atomic E-state index is 12.6. The van der Waals surface area contributed by atoms with E-state index < -0.39 is 11.7 Å². The first-order valence-corrected chi connectivity index (χ1v) is 5.99. The normalized spacial score (nSPS) is 13.8. The molecule has 0 fully saturated rings. The van der Waals surface area contributed by atoms with Gasteiger partial charge in [-0.2, -0.15) is 13.2 Å². The fourth-order valence-electron chi connectivity index (χ4n) is 2.23. The van der Waals surface area contributed by atoms with Crippen LogP contribution in [0, 0.1) is 5.92 Å². The van der Waals surface area contributed by atoms with Crippen molar-refractivity contribution in [3.8, 4) is 0 Å². The van der Waals surface area contributed by atoms with E-state index in [1.807, 2.05) is 20.8 Å². The average Bonchev–Trinajstić information content (AvgIpc) is 2.28. The molecule has 0 aromatic heterocycles. The molecule has 0 bridgehead atoms. The average molecular weight is 260 g/mol. The second kappa shape index (κ2) is 5.61. The van der Waals surface area contributed by atoms with Gasteiger partial charge in [-0.05, 0) is 36.0 Å². The summed E-state index contributed by atoms with van der Waals surface area (Å²) in [5.41, 5.74) is 2.88. The lowest BCUT2D eigenvalue weighted by Crippen LogP contribution is -2.15. The van der Waals surface area contributed by atoms with Gasteiger partial charge < -0.3 is 5.43 Å². The number of anilines is 1. The minimum atomic E-state index is -4.34. The summed E-state index contributed by atoms with van der Waals surface area (Å²) in [6, 6.07) is 3.70. The third kappa shape index (κ3) is 3.16. The molecule has 0 saturated heterocycles. The predicted molar refractivity (Wildman–Crippen MR) is 67.1 cm³/mol. The molecule has 1 atom stereocenters. The van der Waals surface area contributed by atoms with Crippen molar-refractivity contribution in [3.05, 3.63) is 29.3 Å². The first-order valence-electron chi connectivity index (χ1n) is 5.99. The second-order valence-corrected chi connectivity index (χ2v) is 4.70. The highest BCUT2D eigenvalue weighted by atomic mass is 19.4. The summed E-state index contributed by atoms with van der Waals surface area (Å²) in [5.74, 6) is 5.88. The van der Waals surface area contributed by atoms with Crippen LogP contribution < -0.4 is 11.3 Å². The lowest BCUT2D eigenvalue weighted by Gasteiger charge is -2.23. The second-order valence-electron chi connectivity index (χ2n) is 4.70. The molecule has 0 amide bonds. The molecular formula is C13H19F3N2. The zero-order chi connectivity index (χ0) is 13.9. The summed E-state index contributed by atoms with van der Waals surface area (Å²) in [6.07, 6.45) is -3.48. The van der Waals surface area contributed by atoms with E-state index in [4.69, 9.17) is 5.84 Å². The molecule has 3 N–H and O–H groups in total. The topological polar surface area (TPSA) is 38.0 Å². The van der Waals surface area contributed by atoms with Crippen molar-refractivity contribution in [3.63, 3.8) is 0 Å². The Morgan fingerprint density at radius 1 is 1.28 bits per heavy atom. The Kier molecular flexibility index (Phi) is 4.62. The maximum atomic E-state index is 12.6. The maximum Gasteiger partial charge on any atom is 0.416 e. The van der Waals surface area contributed by atoms with Crippen molar-refractivity contribution in [2.24, 2.45) is 11.8 Å². The van der Waals surface area contributed by atoms with Gasteiger partial charge in [0.1, 0.15) is 0 Å². The van der Waals surface area contributed by atoms with Crippen LogP contribution in [0.2, 0.25) is 0 Å². The van der Waals surface area contributed by atoms with Crippen LogP contribution in [0.4, 0.5) is 18.9 Å². The van der Waals surface area contributed by atoms with Gasteiger partial charge in [0, 0.05) is 0 Å².